The van der Waals surface area contributed by atoms with E-state index in [2.05, 4.69) is 53.3 Å². The van der Waals surface area contributed by atoms with Crippen molar-refractivity contribution in [2.24, 2.45) is 0 Å². The molecule has 1 atom stereocenters. The Morgan fingerprint density at radius 3 is 2.47 bits per heavy atom. The molecular formula is C16H17BrFN. The number of rotatable bonds is 4. The van der Waals surface area contributed by atoms with E-state index >= 15 is 0 Å². The SMILES string of the molecule is Cc1cc(CNC(C)c2ccc(F)cc2)ccc1Br. The smallest absolute Gasteiger partial charge is 0.123 e. The summed E-state index contributed by atoms with van der Waals surface area (Å²) >= 11 is 3.50. The van der Waals surface area contributed by atoms with Gasteiger partial charge in [0.1, 0.15) is 5.82 Å². The lowest BCUT2D eigenvalue weighted by Gasteiger charge is -2.14. The molecule has 0 aliphatic rings. The molecule has 0 aliphatic heterocycles. The zero-order valence-electron chi connectivity index (χ0n) is 11.1. The third kappa shape index (κ3) is 3.88. The molecule has 100 valence electrons. The summed E-state index contributed by atoms with van der Waals surface area (Å²) in [7, 11) is 0. The van der Waals surface area contributed by atoms with Crippen molar-refractivity contribution in [2.75, 3.05) is 0 Å². The number of nitrogens with one attached hydrogen (secondary N) is 1. The molecule has 2 rings (SSSR count). The zero-order chi connectivity index (χ0) is 13.8. The van der Waals surface area contributed by atoms with Gasteiger partial charge in [0.15, 0.2) is 0 Å². The van der Waals surface area contributed by atoms with Gasteiger partial charge in [-0.2, -0.15) is 0 Å². The molecule has 0 saturated heterocycles. The first-order valence-electron chi connectivity index (χ1n) is 6.30. The first-order chi connectivity index (χ1) is 9.06. The first kappa shape index (κ1) is 14.2. The van der Waals surface area contributed by atoms with Crippen LogP contribution in [-0.2, 0) is 6.54 Å². The second-order valence-electron chi connectivity index (χ2n) is 4.74. The normalized spacial score (nSPS) is 12.4. The molecule has 2 aromatic carbocycles. The van der Waals surface area contributed by atoms with Gasteiger partial charge in [0.2, 0.25) is 0 Å². The van der Waals surface area contributed by atoms with E-state index < -0.39 is 0 Å². The average Bonchev–Trinajstić information content (AvgIpc) is 2.40. The minimum Gasteiger partial charge on any atom is -0.306 e. The number of aryl methyl sites for hydroxylation is 1. The molecule has 0 spiro atoms. The third-order valence-corrected chi connectivity index (χ3v) is 4.09. The predicted molar refractivity (Wildman–Crippen MR) is 80.5 cm³/mol. The van der Waals surface area contributed by atoms with Crippen molar-refractivity contribution in [3.63, 3.8) is 0 Å². The van der Waals surface area contributed by atoms with E-state index in [0.717, 1.165) is 16.6 Å². The van der Waals surface area contributed by atoms with Crippen molar-refractivity contribution in [2.45, 2.75) is 26.4 Å². The largest absolute Gasteiger partial charge is 0.306 e. The van der Waals surface area contributed by atoms with Crippen molar-refractivity contribution in [1.82, 2.24) is 5.32 Å². The van der Waals surface area contributed by atoms with Gasteiger partial charge in [-0.1, -0.05) is 40.2 Å². The molecule has 0 amide bonds. The van der Waals surface area contributed by atoms with E-state index in [-0.39, 0.29) is 11.9 Å². The van der Waals surface area contributed by atoms with Crippen molar-refractivity contribution in [3.05, 3.63) is 69.4 Å². The Labute approximate surface area is 122 Å². The van der Waals surface area contributed by atoms with E-state index in [0.29, 0.717) is 0 Å². The van der Waals surface area contributed by atoms with Crippen LogP contribution in [-0.4, -0.2) is 0 Å². The van der Waals surface area contributed by atoms with Crippen LogP contribution in [0.5, 0.6) is 0 Å². The maximum absolute atomic E-state index is 12.9. The van der Waals surface area contributed by atoms with Gasteiger partial charge >= 0.3 is 0 Å². The van der Waals surface area contributed by atoms with Crippen LogP contribution in [0.15, 0.2) is 46.9 Å². The van der Waals surface area contributed by atoms with Crippen LogP contribution in [0.25, 0.3) is 0 Å². The summed E-state index contributed by atoms with van der Waals surface area (Å²) in [5.74, 6) is -0.195. The summed E-state index contributed by atoms with van der Waals surface area (Å²) in [4.78, 5) is 0. The Bertz CT molecular complexity index is 551. The Morgan fingerprint density at radius 1 is 1.16 bits per heavy atom. The zero-order valence-corrected chi connectivity index (χ0v) is 12.7. The van der Waals surface area contributed by atoms with Gasteiger partial charge in [-0.05, 0) is 48.7 Å². The maximum Gasteiger partial charge on any atom is 0.123 e. The van der Waals surface area contributed by atoms with Gasteiger partial charge in [0.05, 0.1) is 0 Å². The van der Waals surface area contributed by atoms with Crippen molar-refractivity contribution < 1.29 is 4.39 Å². The quantitative estimate of drug-likeness (QED) is 0.857. The second-order valence-corrected chi connectivity index (χ2v) is 5.59. The van der Waals surface area contributed by atoms with Crippen LogP contribution in [0.2, 0.25) is 0 Å². The van der Waals surface area contributed by atoms with Gasteiger partial charge in [0, 0.05) is 17.1 Å². The van der Waals surface area contributed by atoms with Gasteiger partial charge in [-0.3, -0.25) is 0 Å². The van der Waals surface area contributed by atoms with E-state index in [9.17, 15) is 4.39 Å². The molecule has 0 aliphatic carbocycles. The number of hydrogen-bond acceptors (Lipinski definition) is 1. The molecule has 2 aromatic rings. The lowest BCUT2D eigenvalue weighted by atomic mass is 10.1. The first-order valence-corrected chi connectivity index (χ1v) is 7.09. The minimum absolute atomic E-state index is 0.195. The minimum atomic E-state index is -0.195. The fraction of sp³-hybridized carbons (Fsp3) is 0.250. The summed E-state index contributed by atoms with van der Waals surface area (Å²) in [5.41, 5.74) is 3.57. The van der Waals surface area contributed by atoms with Crippen molar-refractivity contribution in [3.8, 4) is 0 Å². The highest BCUT2D eigenvalue weighted by Crippen LogP contribution is 2.18. The van der Waals surface area contributed by atoms with Gasteiger partial charge in [-0.15, -0.1) is 0 Å². The van der Waals surface area contributed by atoms with E-state index in [1.165, 1.54) is 23.3 Å². The van der Waals surface area contributed by atoms with Crippen molar-refractivity contribution in [1.29, 1.82) is 0 Å². The van der Waals surface area contributed by atoms with Gasteiger partial charge < -0.3 is 5.32 Å². The standard InChI is InChI=1S/C16H17BrFN/c1-11-9-13(3-8-16(11)17)10-19-12(2)14-4-6-15(18)7-5-14/h3-9,12,19H,10H2,1-2H3. The molecule has 0 fully saturated rings. The Morgan fingerprint density at radius 2 is 1.84 bits per heavy atom. The summed E-state index contributed by atoms with van der Waals surface area (Å²) in [6.07, 6.45) is 0. The molecule has 3 heteroatoms. The Hall–Kier alpha value is -1.19. The number of hydrogen-bond donors (Lipinski definition) is 1. The molecule has 1 unspecified atom stereocenters. The van der Waals surface area contributed by atoms with Crippen LogP contribution >= 0.6 is 15.9 Å². The highest BCUT2D eigenvalue weighted by atomic mass is 79.9. The van der Waals surface area contributed by atoms with Crippen LogP contribution in [0.1, 0.15) is 29.7 Å². The molecule has 0 saturated carbocycles. The van der Waals surface area contributed by atoms with Crippen molar-refractivity contribution >= 4 is 15.9 Å². The molecule has 1 nitrogen and oxygen atoms in total. The summed E-state index contributed by atoms with van der Waals surface area (Å²) in [5, 5.41) is 3.44. The fourth-order valence-corrected chi connectivity index (χ4v) is 2.20. The van der Waals surface area contributed by atoms with E-state index in [1.807, 2.05) is 12.1 Å². The average molecular weight is 322 g/mol. The molecular weight excluding hydrogens is 305 g/mol. The summed E-state index contributed by atoms with van der Waals surface area (Å²) < 4.78 is 14.0. The van der Waals surface area contributed by atoms with Gasteiger partial charge in [-0.25, -0.2) is 4.39 Å². The summed E-state index contributed by atoms with van der Waals surface area (Å²) in [6.45, 7) is 4.96. The number of halogens is 2. The van der Waals surface area contributed by atoms with E-state index in [1.54, 1.807) is 0 Å². The highest BCUT2D eigenvalue weighted by molar-refractivity contribution is 9.10. The second kappa shape index (κ2) is 6.31. The number of benzene rings is 2. The van der Waals surface area contributed by atoms with E-state index in [4.69, 9.17) is 0 Å². The fourth-order valence-electron chi connectivity index (χ4n) is 1.96. The topological polar surface area (TPSA) is 12.0 Å². The van der Waals surface area contributed by atoms with Crippen LogP contribution in [0.3, 0.4) is 0 Å². The molecule has 19 heavy (non-hydrogen) atoms. The molecule has 0 radical (unpaired) electrons. The Balaban J connectivity index is 1.98. The molecule has 0 aromatic heterocycles. The third-order valence-electron chi connectivity index (χ3n) is 3.20. The van der Waals surface area contributed by atoms with Crippen LogP contribution in [0.4, 0.5) is 4.39 Å². The lowest BCUT2D eigenvalue weighted by Crippen LogP contribution is -2.18. The van der Waals surface area contributed by atoms with Crippen LogP contribution in [0, 0.1) is 12.7 Å². The molecule has 0 heterocycles. The maximum atomic E-state index is 12.9. The molecule has 1 N–H and O–H groups in total. The van der Waals surface area contributed by atoms with Gasteiger partial charge in [0.25, 0.3) is 0 Å². The highest BCUT2D eigenvalue weighted by Gasteiger charge is 2.05. The predicted octanol–water partition coefficient (Wildman–Crippen LogP) is 4.75. The Kier molecular flexibility index (Phi) is 4.72. The lowest BCUT2D eigenvalue weighted by molar-refractivity contribution is 0.571. The monoisotopic (exact) mass is 321 g/mol. The van der Waals surface area contributed by atoms with Crippen LogP contribution < -0.4 is 5.32 Å². The molecule has 0 bridgehead atoms. The summed E-state index contributed by atoms with van der Waals surface area (Å²) in [6, 6.07) is 13.2.